The third-order valence-electron chi connectivity index (χ3n) is 22.6. The first-order valence-electron chi connectivity index (χ1n) is 46.4. The number of nitrogens with two attached hydrogens (primary N) is 1. The van der Waals surface area contributed by atoms with Gasteiger partial charge in [0.2, 0.25) is 5.91 Å². The molecule has 9 N–H and O–H groups in total. The van der Waals surface area contributed by atoms with Crippen molar-refractivity contribution in [1.29, 1.82) is 0 Å². The topological polar surface area (TPSA) is 454 Å². The standard InChI is InChI=1S/C17H11ClN4S.2C15H12F3N5.C14H12FN5.C14H13N5.C13H12N6O.C13H11N5O2/c18-13-6-8-14(9-7-13)23-16-11-10-15-19-20-17(22(15)21-16)12-4-2-1-3-5-12;16-15(17,18)10-3-1-2-9(8-10)14-21-20-13-7-6-12(22-23(13)14)19-11-4-5-11;16-15(17,18)11-4-2-1-3-10(11)14-21-20-13-8-7-12(22-23(13)14)19-9-5-6-9;15-11-4-2-1-3-10(11)14-18-17-13-8-7-12(19-20(13)14)16-9-5-6-9;1-2-4-10(5-3-1)14-17-16-13-9-8-12(18-19(13)14)15-11-6-7-11;14-10(20)8-15-11-6-7-12-16-17-13(19(12)18-11)9-4-2-1-3-5-9;19-12(20)8-14-10-6-7-11-15-16-13(18(11)17-10)9-4-2-1-3-5-9/h1-11H;1-3,6-8,11H,4-5H2,(H,19,22);1-4,7-9H,5-6H2,(H,19,22);1-4,7-9H,5-6H2,(H,16,19);1-5,8-9,11H,6-7H2,(H,15,18);1-7H,8H2,(H2,14,20)(H,15,18);1-7H,8H2,(H,14,17)(H,19,20). The third-order valence-corrected chi connectivity index (χ3v) is 23.8. The molecule has 14 aromatic heterocycles. The van der Waals surface area contributed by atoms with Crippen molar-refractivity contribution in [2.24, 2.45) is 5.73 Å². The number of halogens is 8. The Morgan fingerprint density at radius 2 is 0.628 bits per heavy atom. The maximum Gasteiger partial charge on any atom is 0.417 e. The summed E-state index contributed by atoms with van der Waals surface area (Å²) in [4.78, 5) is 22.4. The maximum atomic E-state index is 13.9. The van der Waals surface area contributed by atoms with Gasteiger partial charge in [0.1, 0.15) is 52.3 Å². The Hall–Kier alpha value is -18.5. The van der Waals surface area contributed by atoms with Crippen molar-refractivity contribution in [3.8, 4) is 79.7 Å². The molecule has 0 bridgehead atoms. The molecule has 47 heteroatoms. The van der Waals surface area contributed by atoms with E-state index in [-0.39, 0.29) is 36.1 Å². The molecular formula is C101H83ClF7N35O3S. The zero-order valence-corrected chi connectivity index (χ0v) is 79.1. The second-order valence-electron chi connectivity index (χ2n) is 33.9. The summed E-state index contributed by atoms with van der Waals surface area (Å²) in [6.45, 7) is -0.164. The molecule has 4 aliphatic rings. The first kappa shape index (κ1) is 97.0. The van der Waals surface area contributed by atoms with Gasteiger partial charge in [-0.2, -0.15) is 63.0 Å². The number of alkyl halides is 6. The van der Waals surface area contributed by atoms with Gasteiger partial charge < -0.3 is 42.7 Å². The first-order chi connectivity index (χ1) is 72.0. The van der Waals surface area contributed by atoms with Gasteiger partial charge in [0.15, 0.2) is 80.3 Å². The summed E-state index contributed by atoms with van der Waals surface area (Å²) in [6.07, 6.45) is 0.280. The van der Waals surface area contributed by atoms with Gasteiger partial charge in [0.25, 0.3) is 0 Å². The number of fused-ring (bicyclic) bond motifs is 7. The Bertz CT molecular complexity index is 8310. The molecule has 8 aromatic carbocycles. The normalized spacial score (nSPS) is 13.1. The zero-order chi connectivity index (χ0) is 102. The number of aliphatic carboxylic acids is 1. The number of primary amides is 1. The van der Waals surface area contributed by atoms with Crippen LogP contribution in [0.25, 0.3) is 119 Å². The van der Waals surface area contributed by atoms with Crippen LogP contribution in [-0.2, 0) is 21.9 Å². The van der Waals surface area contributed by atoms with Gasteiger partial charge in [-0.1, -0.05) is 187 Å². The van der Waals surface area contributed by atoms with E-state index < -0.39 is 35.4 Å². The Morgan fingerprint density at radius 1 is 0.324 bits per heavy atom. The number of aromatic nitrogens is 28. The molecule has 38 nitrogen and oxygen atoms in total. The fourth-order valence-corrected chi connectivity index (χ4v) is 15.7. The molecule has 4 fully saturated rings. The van der Waals surface area contributed by atoms with E-state index in [0.717, 1.165) is 116 Å². The molecule has 4 saturated carbocycles. The predicted octanol–water partition coefficient (Wildman–Crippen LogP) is 18.2. The van der Waals surface area contributed by atoms with E-state index in [0.29, 0.717) is 104 Å². The van der Waals surface area contributed by atoms with Gasteiger partial charge in [-0.05, 0) is 191 Å². The van der Waals surface area contributed by atoms with E-state index in [1.165, 1.54) is 65.0 Å². The number of carboxylic acid groups (broad SMARTS) is 1. The highest BCUT2D eigenvalue weighted by Gasteiger charge is 2.36. The minimum absolute atomic E-state index is 0.0291. The molecule has 742 valence electrons. The van der Waals surface area contributed by atoms with Crippen molar-refractivity contribution in [3.05, 3.63) is 325 Å². The molecular weight excluding hydrogens is 1950 g/mol. The Balaban J connectivity index is 0.000000105. The summed E-state index contributed by atoms with van der Waals surface area (Å²) in [7, 11) is 0. The van der Waals surface area contributed by atoms with Crippen LogP contribution in [0.3, 0.4) is 0 Å². The number of hydrogen-bond acceptors (Lipinski definition) is 30. The maximum absolute atomic E-state index is 13.9. The number of hydrogen-bond donors (Lipinski definition) is 8. The van der Waals surface area contributed by atoms with Crippen LogP contribution >= 0.6 is 23.4 Å². The highest BCUT2D eigenvalue weighted by molar-refractivity contribution is 7.99. The molecule has 0 unspecified atom stereocenters. The second kappa shape index (κ2) is 43.4. The highest BCUT2D eigenvalue weighted by Crippen LogP contribution is 2.39. The van der Waals surface area contributed by atoms with E-state index >= 15 is 0 Å². The molecule has 26 rings (SSSR count). The lowest BCUT2D eigenvalue weighted by Crippen LogP contribution is -2.22. The smallest absolute Gasteiger partial charge is 0.417 e. The summed E-state index contributed by atoms with van der Waals surface area (Å²) < 4.78 is 103. The number of carbonyl (C=O) groups is 2. The average molecular weight is 2040 g/mol. The minimum atomic E-state index is -4.47. The summed E-state index contributed by atoms with van der Waals surface area (Å²) in [6, 6.07) is 90.8. The van der Waals surface area contributed by atoms with Gasteiger partial charge in [0, 0.05) is 67.5 Å². The molecule has 14 heterocycles. The molecule has 22 aromatic rings. The Labute approximate surface area is 842 Å². The fraction of sp³-hybridized carbons (Fsp3) is 0.158. The summed E-state index contributed by atoms with van der Waals surface area (Å²) in [5.41, 5.74) is 12.3. The van der Waals surface area contributed by atoms with Crippen LogP contribution in [0.15, 0.2) is 313 Å². The predicted molar refractivity (Wildman–Crippen MR) is 539 cm³/mol. The highest BCUT2D eigenvalue weighted by atomic mass is 35.5. The summed E-state index contributed by atoms with van der Waals surface area (Å²) >= 11 is 7.49. The van der Waals surface area contributed by atoms with Crippen molar-refractivity contribution in [1.82, 2.24) is 139 Å². The lowest BCUT2D eigenvalue weighted by atomic mass is 10.1. The van der Waals surface area contributed by atoms with E-state index in [1.807, 2.05) is 182 Å². The van der Waals surface area contributed by atoms with E-state index in [4.69, 9.17) is 22.4 Å². The number of carboxylic acids is 1. The van der Waals surface area contributed by atoms with Crippen LogP contribution in [0.1, 0.15) is 62.5 Å². The van der Waals surface area contributed by atoms with Crippen molar-refractivity contribution in [3.63, 3.8) is 0 Å². The Kier molecular flexibility index (Phi) is 28.4. The van der Waals surface area contributed by atoms with Gasteiger partial charge in [0.05, 0.1) is 23.2 Å². The van der Waals surface area contributed by atoms with Crippen molar-refractivity contribution < 1.29 is 45.4 Å². The monoisotopic (exact) mass is 2030 g/mol. The number of anilines is 6. The van der Waals surface area contributed by atoms with Crippen LogP contribution < -0.4 is 37.6 Å². The number of benzene rings is 8. The minimum Gasteiger partial charge on any atom is -0.480 e. The van der Waals surface area contributed by atoms with Crippen LogP contribution in [0, 0.1) is 5.82 Å². The summed E-state index contributed by atoms with van der Waals surface area (Å²) in [5, 5.41) is 117. The molecule has 0 atom stereocenters. The quantitative estimate of drug-likeness (QED) is 0.0276. The molecule has 0 saturated heterocycles. The molecule has 0 spiro atoms. The fourth-order valence-electron chi connectivity index (χ4n) is 14.8. The number of rotatable bonds is 23. The number of amides is 1. The van der Waals surface area contributed by atoms with Gasteiger partial charge in [-0.15, -0.1) is 102 Å². The van der Waals surface area contributed by atoms with Crippen LogP contribution in [-0.4, -0.2) is 193 Å². The van der Waals surface area contributed by atoms with Gasteiger partial charge in [-0.3, -0.25) is 9.59 Å². The summed E-state index contributed by atoms with van der Waals surface area (Å²) in [5.74, 6) is 5.71. The SMILES string of the molecule is Clc1ccc(Sc2ccc3nnc(-c4ccccc4)n3n2)cc1.FC(F)(F)c1cccc(-c2nnc3ccc(NC4CC4)nn23)c1.FC(F)(F)c1ccccc1-c1nnc2ccc(NC3CC3)nn12.Fc1ccccc1-c1nnc2ccc(NC3CC3)nn12.NC(=O)CNc1ccc2nnc(-c3ccccc3)n2n1.O=C(O)CNc1ccc2nnc(-c3ccccc3)n2n1.c1ccc(-c2nnc3ccc(NC4CC4)nn23)cc1. The lowest BCUT2D eigenvalue weighted by molar-refractivity contribution is -0.138. The molecule has 0 radical (unpaired) electrons. The van der Waals surface area contributed by atoms with Crippen LogP contribution in [0.5, 0.6) is 0 Å². The van der Waals surface area contributed by atoms with Gasteiger partial charge >= 0.3 is 18.3 Å². The zero-order valence-electron chi connectivity index (χ0n) is 77.5. The van der Waals surface area contributed by atoms with E-state index in [1.54, 1.807) is 107 Å². The lowest BCUT2D eigenvalue weighted by Gasteiger charge is -2.11. The van der Waals surface area contributed by atoms with Gasteiger partial charge in [-0.25, -0.2) is 4.39 Å². The molecule has 4 aliphatic carbocycles. The van der Waals surface area contributed by atoms with Crippen molar-refractivity contribution in [2.45, 2.75) is 97.8 Å². The second-order valence-corrected chi connectivity index (χ2v) is 35.4. The van der Waals surface area contributed by atoms with E-state index in [9.17, 15) is 40.3 Å². The molecule has 148 heavy (non-hydrogen) atoms. The van der Waals surface area contributed by atoms with Crippen molar-refractivity contribution in [2.75, 3.05) is 45.0 Å². The third kappa shape index (κ3) is 24.0. The van der Waals surface area contributed by atoms with Crippen LogP contribution in [0.4, 0.5) is 65.6 Å². The Morgan fingerprint density at radius 3 is 0.986 bits per heavy atom. The first-order valence-corrected chi connectivity index (χ1v) is 47.6. The number of nitrogens with one attached hydrogen (secondary N) is 6. The number of carbonyl (C=O) groups excluding carboxylic acids is 1. The number of nitrogens with zero attached hydrogens (tertiary/aromatic N) is 28. The largest absolute Gasteiger partial charge is 0.480 e. The average Bonchev–Trinajstić information content (AvgIpc) is 1.57. The van der Waals surface area contributed by atoms with E-state index in [2.05, 4.69) is 139 Å². The molecule has 0 aliphatic heterocycles. The van der Waals surface area contributed by atoms with Crippen molar-refractivity contribution >= 4 is 110 Å². The molecule has 1 amide bonds. The van der Waals surface area contributed by atoms with Crippen LogP contribution in [0.2, 0.25) is 5.02 Å².